The van der Waals surface area contributed by atoms with E-state index in [4.69, 9.17) is 21.7 Å². The van der Waals surface area contributed by atoms with E-state index < -0.39 is 5.97 Å². The van der Waals surface area contributed by atoms with Crippen LogP contribution in [0.5, 0.6) is 5.75 Å². The van der Waals surface area contributed by atoms with Crippen LogP contribution in [0.4, 0.5) is 0 Å². The van der Waals surface area contributed by atoms with E-state index in [2.05, 4.69) is 10.6 Å². The normalized spacial score (nSPS) is 15.7. The van der Waals surface area contributed by atoms with Crippen LogP contribution >= 0.6 is 12.2 Å². The van der Waals surface area contributed by atoms with Crippen LogP contribution in [0.1, 0.15) is 19.4 Å². The average molecular weight is 320 g/mol. The molecule has 7 heteroatoms. The van der Waals surface area contributed by atoms with E-state index in [0.717, 1.165) is 5.56 Å². The summed E-state index contributed by atoms with van der Waals surface area (Å²) in [6, 6.07) is 6.96. The Morgan fingerprint density at radius 2 is 1.95 bits per heavy atom. The number of hydrogen-bond donors (Lipinski definition) is 2. The number of rotatable bonds is 5. The van der Waals surface area contributed by atoms with Gasteiger partial charge >= 0.3 is 5.97 Å². The van der Waals surface area contributed by atoms with Gasteiger partial charge in [0, 0.05) is 0 Å². The molecule has 0 bridgehead atoms. The summed E-state index contributed by atoms with van der Waals surface area (Å²) in [5.74, 6) is -0.134. The third-order valence-electron chi connectivity index (χ3n) is 2.63. The van der Waals surface area contributed by atoms with Crippen LogP contribution in [-0.2, 0) is 14.3 Å². The molecule has 6 nitrogen and oxygen atoms in total. The van der Waals surface area contributed by atoms with Crippen LogP contribution in [0.3, 0.4) is 0 Å². The highest BCUT2D eigenvalue weighted by atomic mass is 32.1. The number of nitrogens with one attached hydrogen (secondary N) is 2. The summed E-state index contributed by atoms with van der Waals surface area (Å²) in [5.41, 5.74) is 1.19. The predicted molar refractivity (Wildman–Crippen MR) is 85.0 cm³/mol. The van der Waals surface area contributed by atoms with Gasteiger partial charge in [0.25, 0.3) is 5.91 Å². The van der Waals surface area contributed by atoms with Crippen LogP contribution in [0.25, 0.3) is 6.08 Å². The standard InChI is InChI=1S/C15H16N2O4S/c1-9(2)21-13(18)8-20-11-5-3-10(4-6-11)7-12-14(19)17-15(22)16-12/h3-7,9H,8H2,1-2H3,(H2,16,17,19,22)/b12-7+. The number of thiocarbonyl (C=S) groups is 1. The van der Waals surface area contributed by atoms with Crippen LogP contribution in [-0.4, -0.2) is 29.7 Å². The van der Waals surface area contributed by atoms with Crippen molar-refractivity contribution in [1.82, 2.24) is 10.6 Å². The van der Waals surface area contributed by atoms with Crippen molar-refractivity contribution in [2.75, 3.05) is 6.61 Å². The maximum Gasteiger partial charge on any atom is 0.344 e. The third kappa shape index (κ3) is 4.56. The lowest BCUT2D eigenvalue weighted by atomic mass is 10.2. The Morgan fingerprint density at radius 1 is 1.27 bits per heavy atom. The van der Waals surface area contributed by atoms with Crippen molar-refractivity contribution in [2.45, 2.75) is 20.0 Å². The van der Waals surface area contributed by atoms with E-state index in [1.807, 2.05) is 0 Å². The van der Waals surface area contributed by atoms with Crippen molar-refractivity contribution in [1.29, 1.82) is 0 Å². The molecule has 116 valence electrons. The summed E-state index contributed by atoms with van der Waals surface area (Å²) in [4.78, 5) is 22.9. The molecule has 0 atom stereocenters. The summed E-state index contributed by atoms with van der Waals surface area (Å²) < 4.78 is 10.3. The van der Waals surface area contributed by atoms with E-state index >= 15 is 0 Å². The summed E-state index contributed by atoms with van der Waals surface area (Å²) in [6.07, 6.45) is 1.51. The van der Waals surface area contributed by atoms with Crippen molar-refractivity contribution in [3.05, 3.63) is 35.5 Å². The maximum atomic E-state index is 11.5. The predicted octanol–water partition coefficient (Wildman–Crippen LogP) is 1.36. The molecule has 1 aromatic carbocycles. The monoisotopic (exact) mass is 320 g/mol. The van der Waals surface area contributed by atoms with Crippen molar-refractivity contribution >= 4 is 35.3 Å². The SMILES string of the molecule is CC(C)OC(=O)COc1ccc(/C=C2/NC(=S)NC2=O)cc1. The van der Waals surface area contributed by atoms with E-state index in [1.165, 1.54) is 0 Å². The fourth-order valence-electron chi connectivity index (χ4n) is 1.75. The molecule has 0 aliphatic carbocycles. The first-order valence-corrected chi connectivity index (χ1v) is 7.11. The smallest absolute Gasteiger partial charge is 0.344 e. The number of esters is 1. The topological polar surface area (TPSA) is 76.7 Å². The lowest BCUT2D eigenvalue weighted by molar-refractivity contribution is -0.149. The number of carbonyl (C=O) groups is 2. The van der Waals surface area contributed by atoms with Gasteiger partial charge in [0.05, 0.1) is 6.10 Å². The summed E-state index contributed by atoms with van der Waals surface area (Å²) in [5, 5.41) is 5.54. The number of carbonyl (C=O) groups excluding carboxylic acids is 2. The molecule has 1 aliphatic heterocycles. The lowest BCUT2D eigenvalue weighted by Gasteiger charge is -2.09. The molecule has 0 radical (unpaired) electrons. The minimum Gasteiger partial charge on any atom is -0.482 e. The molecule has 0 spiro atoms. The fraction of sp³-hybridized carbons (Fsp3) is 0.267. The zero-order valence-electron chi connectivity index (χ0n) is 12.2. The molecule has 2 rings (SSSR count). The van der Waals surface area contributed by atoms with E-state index in [1.54, 1.807) is 44.2 Å². The molecule has 22 heavy (non-hydrogen) atoms. The van der Waals surface area contributed by atoms with Gasteiger partial charge in [-0.05, 0) is 49.8 Å². The molecule has 1 heterocycles. The summed E-state index contributed by atoms with van der Waals surface area (Å²) in [6.45, 7) is 3.41. The molecule has 2 N–H and O–H groups in total. The first-order chi connectivity index (χ1) is 10.4. The Morgan fingerprint density at radius 3 is 2.50 bits per heavy atom. The minimum atomic E-state index is -0.415. The Hall–Kier alpha value is -2.41. The second-order valence-electron chi connectivity index (χ2n) is 4.86. The van der Waals surface area contributed by atoms with Gasteiger partial charge in [0.2, 0.25) is 0 Å². The highest BCUT2D eigenvalue weighted by Gasteiger charge is 2.19. The van der Waals surface area contributed by atoms with Gasteiger partial charge in [-0.15, -0.1) is 0 Å². The van der Waals surface area contributed by atoms with Gasteiger partial charge in [-0.3, -0.25) is 10.1 Å². The third-order valence-corrected chi connectivity index (χ3v) is 2.84. The van der Waals surface area contributed by atoms with Gasteiger partial charge in [-0.2, -0.15) is 0 Å². The quantitative estimate of drug-likeness (QED) is 0.485. The molecule has 1 aliphatic rings. The fourth-order valence-corrected chi connectivity index (χ4v) is 1.95. The second kappa shape index (κ2) is 7.04. The van der Waals surface area contributed by atoms with E-state index in [-0.39, 0.29) is 18.6 Å². The number of amides is 1. The Bertz CT molecular complexity index is 623. The number of ether oxygens (including phenoxy) is 2. The molecule has 1 aromatic rings. The number of hydrogen-bond acceptors (Lipinski definition) is 5. The molecule has 0 unspecified atom stereocenters. The first-order valence-electron chi connectivity index (χ1n) is 6.70. The zero-order valence-corrected chi connectivity index (χ0v) is 13.0. The van der Waals surface area contributed by atoms with Gasteiger partial charge in [-0.25, -0.2) is 4.79 Å². The van der Waals surface area contributed by atoms with Crippen LogP contribution in [0, 0.1) is 0 Å². The van der Waals surface area contributed by atoms with Gasteiger partial charge < -0.3 is 14.8 Å². The molecule has 1 amide bonds. The molecule has 0 saturated carbocycles. The lowest BCUT2D eigenvalue weighted by Crippen LogP contribution is -2.21. The summed E-state index contributed by atoms with van der Waals surface area (Å²) >= 11 is 4.85. The minimum absolute atomic E-state index is 0.142. The first kappa shape index (κ1) is 16.0. The molecule has 1 fully saturated rings. The van der Waals surface area contributed by atoms with Crippen molar-refractivity contribution in [3.63, 3.8) is 0 Å². The Kier molecular flexibility index (Phi) is 5.11. The van der Waals surface area contributed by atoms with E-state index in [0.29, 0.717) is 16.6 Å². The Labute approximate surface area is 133 Å². The van der Waals surface area contributed by atoms with Crippen molar-refractivity contribution in [3.8, 4) is 5.75 Å². The van der Waals surface area contributed by atoms with Crippen LogP contribution < -0.4 is 15.4 Å². The molecular weight excluding hydrogens is 304 g/mol. The van der Waals surface area contributed by atoms with Crippen molar-refractivity contribution < 1.29 is 19.1 Å². The molecular formula is C15H16N2O4S. The van der Waals surface area contributed by atoms with Crippen LogP contribution in [0.2, 0.25) is 0 Å². The van der Waals surface area contributed by atoms with Crippen molar-refractivity contribution in [2.24, 2.45) is 0 Å². The average Bonchev–Trinajstić information content (AvgIpc) is 2.75. The Balaban J connectivity index is 1.93. The largest absolute Gasteiger partial charge is 0.482 e. The van der Waals surface area contributed by atoms with Gasteiger partial charge in [0.15, 0.2) is 11.7 Å². The molecule has 1 saturated heterocycles. The second-order valence-corrected chi connectivity index (χ2v) is 5.27. The highest BCUT2D eigenvalue weighted by molar-refractivity contribution is 7.80. The number of benzene rings is 1. The zero-order chi connectivity index (χ0) is 16.1. The van der Waals surface area contributed by atoms with E-state index in [9.17, 15) is 9.59 Å². The maximum absolute atomic E-state index is 11.5. The molecule has 0 aromatic heterocycles. The summed E-state index contributed by atoms with van der Waals surface area (Å²) in [7, 11) is 0. The van der Waals surface area contributed by atoms with Crippen LogP contribution in [0.15, 0.2) is 30.0 Å². The highest BCUT2D eigenvalue weighted by Crippen LogP contribution is 2.15. The van der Waals surface area contributed by atoms with Gasteiger partial charge in [0.1, 0.15) is 11.4 Å². The van der Waals surface area contributed by atoms with Gasteiger partial charge in [-0.1, -0.05) is 12.1 Å².